The van der Waals surface area contributed by atoms with Gasteiger partial charge >= 0.3 is 0 Å². The number of aliphatic hydroxyl groups is 1. The first-order valence-electron chi connectivity index (χ1n) is 3.88. The maximum absolute atomic E-state index is 9.39. The predicted molar refractivity (Wildman–Crippen MR) is 48.7 cm³/mol. The van der Waals surface area contributed by atoms with Crippen LogP contribution in [0.2, 0.25) is 0 Å². The number of ether oxygens (including phenoxy) is 1. The van der Waals surface area contributed by atoms with Gasteiger partial charge in [0.15, 0.2) is 0 Å². The van der Waals surface area contributed by atoms with Gasteiger partial charge in [-0.1, -0.05) is 6.08 Å². The fourth-order valence-corrected chi connectivity index (χ4v) is 0.715. The lowest BCUT2D eigenvalue weighted by molar-refractivity contribution is 0.00342. The van der Waals surface area contributed by atoms with Crippen LogP contribution in [-0.2, 0) is 4.74 Å². The first-order chi connectivity index (χ1) is 5.59. The highest BCUT2D eigenvalue weighted by molar-refractivity contribution is 4.70. The molecule has 0 aliphatic rings. The van der Waals surface area contributed by atoms with E-state index in [2.05, 4.69) is 6.58 Å². The Morgan fingerprint density at radius 1 is 1.67 bits per heavy atom. The van der Waals surface area contributed by atoms with Crippen LogP contribution in [0.5, 0.6) is 0 Å². The monoisotopic (exact) mass is 174 g/mol. The minimum atomic E-state index is -0.653. The summed E-state index contributed by atoms with van der Waals surface area (Å²) in [6.07, 6.45) is 0.600. The van der Waals surface area contributed by atoms with E-state index in [1.54, 1.807) is 25.1 Å². The van der Waals surface area contributed by atoms with E-state index < -0.39 is 6.10 Å². The Morgan fingerprint density at radius 2 is 2.25 bits per heavy atom. The van der Waals surface area contributed by atoms with Crippen molar-refractivity contribution in [3.05, 3.63) is 12.7 Å². The number of rotatable bonds is 6. The van der Waals surface area contributed by atoms with Gasteiger partial charge in [-0.25, -0.2) is 0 Å². The Labute approximate surface area is 73.6 Å². The largest absolute Gasteiger partial charge is 0.388 e. The molecule has 3 N–H and O–H groups in total. The molecule has 4 nitrogen and oxygen atoms in total. The van der Waals surface area contributed by atoms with Gasteiger partial charge in [0.2, 0.25) is 0 Å². The number of likely N-dealkylation sites (N-methyl/N-ethyl adjacent to an activating group) is 1. The van der Waals surface area contributed by atoms with Crippen molar-refractivity contribution in [2.24, 2.45) is 5.73 Å². The molecule has 0 heterocycles. The molecule has 0 saturated carbocycles. The molecule has 12 heavy (non-hydrogen) atoms. The molecule has 0 fully saturated rings. The molecule has 0 saturated heterocycles. The van der Waals surface area contributed by atoms with Crippen LogP contribution in [0.4, 0.5) is 0 Å². The Morgan fingerprint density at radius 3 is 2.67 bits per heavy atom. The summed E-state index contributed by atoms with van der Waals surface area (Å²) in [5, 5.41) is 9.39. The summed E-state index contributed by atoms with van der Waals surface area (Å²) in [6.45, 7) is 4.17. The van der Waals surface area contributed by atoms with Crippen LogP contribution in [0.1, 0.15) is 0 Å². The average Bonchev–Trinajstić information content (AvgIpc) is 2.03. The number of hydrogen-bond acceptors (Lipinski definition) is 4. The summed E-state index contributed by atoms with van der Waals surface area (Å²) in [4.78, 5) is 1.74. The highest BCUT2D eigenvalue weighted by Crippen LogP contribution is 1.94. The molecule has 2 unspecified atom stereocenters. The fourth-order valence-electron chi connectivity index (χ4n) is 0.715. The van der Waals surface area contributed by atoms with Crippen LogP contribution in [0.25, 0.3) is 0 Å². The Balaban J connectivity index is 3.56. The van der Waals surface area contributed by atoms with Crippen LogP contribution in [0.15, 0.2) is 12.7 Å². The Kier molecular flexibility index (Phi) is 5.92. The lowest BCUT2D eigenvalue weighted by atomic mass is 10.3. The zero-order chi connectivity index (χ0) is 9.56. The lowest BCUT2D eigenvalue weighted by Crippen LogP contribution is -2.48. The number of aliphatic hydroxyl groups excluding tert-OH is 1. The van der Waals surface area contributed by atoms with E-state index in [0.29, 0.717) is 6.61 Å². The number of nitrogens with two attached hydrogens (primary N) is 1. The molecule has 0 spiro atoms. The molecule has 0 radical (unpaired) electrons. The van der Waals surface area contributed by atoms with E-state index in [0.717, 1.165) is 0 Å². The standard InChI is InChI=1S/C8H18N2O2/c1-4-5-12-6-7(11)8(9)10(2)3/h4,7-8,11H,1,5-6,9H2,2-3H3. The third kappa shape index (κ3) is 4.46. The molecule has 2 atom stereocenters. The summed E-state index contributed by atoms with van der Waals surface area (Å²) in [6, 6.07) is 0. The zero-order valence-electron chi connectivity index (χ0n) is 7.73. The summed E-state index contributed by atoms with van der Waals surface area (Å²) in [5.74, 6) is 0. The first kappa shape index (κ1) is 11.6. The molecule has 0 amide bonds. The van der Waals surface area contributed by atoms with Gasteiger partial charge in [0, 0.05) is 0 Å². The molecule has 0 bridgehead atoms. The topological polar surface area (TPSA) is 58.7 Å². The van der Waals surface area contributed by atoms with Crippen molar-refractivity contribution in [1.29, 1.82) is 0 Å². The maximum Gasteiger partial charge on any atom is 0.106 e. The molecule has 0 aromatic heterocycles. The fraction of sp³-hybridized carbons (Fsp3) is 0.750. The number of hydrogen-bond donors (Lipinski definition) is 2. The summed E-state index contributed by atoms with van der Waals surface area (Å²) in [5.41, 5.74) is 5.61. The molecule has 4 heteroatoms. The van der Waals surface area contributed by atoms with Crippen molar-refractivity contribution >= 4 is 0 Å². The third-order valence-corrected chi connectivity index (χ3v) is 1.51. The summed E-state index contributed by atoms with van der Waals surface area (Å²) >= 11 is 0. The molecule has 0 aliphatic heterocycles. The van der Waals surface area contributed by atoms with E-state index >= 15 is 0 Å². The SMILES string of the molecule is C=CCOCC(O)C(N)N(C)C. The normalized spacial score (nSPS) is 16.1. The van der Waals surface area contributed by atoms with Crippen molar-refractivity contribution in [2.45, 2.75) is 12.3 Å². The van der Waals surface area contributed by atoms with Gasteiger partial charge in [-0.15, -0.1) is 6.58 Å². The molecule has 0 aliphatic carbocycles. The van der Waals surface area contributed by atoms with Crippen LogP contribution in [-0.4, -0.2) is 49.6 Å². The van der Waals surface area contributed by atoms with Crippen LogP contribution < -0.4 is 5.73 Å². The van der Waals surface area contributed by atoms with E-state index in [4.69, 9.17) is 10.5 Å². The Hall–Kier alpha value is -0.420. The van der Waals surface area contributed by atoms with E-state index in [-0.39, 0.29) is 12.8 Å². The van der Waals surface area contributed by atoms with Crippen LogP contribution in [0, 0.1) is 0 Å². The highest BCUT2D eigenvalue weighted by Gasteiger charge is 2.15. The third-order valence-electron chi connectivity index (χ3n) is 1.51. The maximum atomic E-state index is 9.39. The van der Waals surface area contributed by atoms with E-state index in [1.165, 1.54) is 0 Å². The van der Waals surface area contributed by atoms with Gasteiger partial charge in [0.05, 0.1) is 19.4 Å². The first-order valence-corrected chi connectivity index (χ1v) is 3.88. The van der Waals surface area contributed by atoms with Crippen molar-refractivity contribution in [3.8, 4) is 0 Å². The van der Waals surface area contributed by atoms with Crippen molar-refractivity contribution in [2.75, 3.05) is 27.3 Å². The van der Waals surface area contributed by atoms with Crippen molar-refractivity contribution in [1.82, 2.24) is 4.90 Å². The van der Waals surface area contributed by atoms with Crippen molar-refractivity contribution < 1.29 is 9.84 Å². The average molecular weight is 174 g/mol. The molecule has 0 rings (SSSR count). The van der Waals surface area contributed by atoms with Crippen LogP contribution in [0.3, 0.4) is 0 Å². The quantitative estimate of drug-likeness (QED) is 0.320. The molecular weight excluding hydrogens is 156 g/mol. The van der Waals surface area contributed by atoms with Gasteiger partial charge in [0.25, 0.3) is 0 Å². The molecule has 72 valence electrons. The minimum Gasteiger partial charge on any atom is -0.388 e. The molecular formula is C8H18N2O2. The van der Waals surface area contributed by atoms with Crippen LogP contribution >= 0.6 is 0 Å². The number of nitrogens with zero attached hydrogens (tertiary/aromatic N) is 1. The molecule has 0 aromatic rings. The van der Waals surface area contributed by atoms with Crippen molar-refractivity contribution in [3.63, 3.8) is 0 Å². The molecule has 0 aromatic carbocycles. The smallest absolute Gasteiger partial charge is 0.106 e. The van der Waals surface area contributed by atoms with E-state index in [9.17, 15) is 5.11 Å². The second kappa shape index (κ2) is 6.14. The van der Waals surface area contributed by atoms with E-state index in [1.807, 2.05) is 0 Å². The summed E-state index contributed by atoms with van der Waals surface area (Å²) < 4.78 is 5.04. The second-order valence-corrected chi connectivity index (χ2v) is 2.85. The van der Waals surface area contributed by atoms with Gasteiger partial charge < -0.3 is 15.6 Å². The van der Waals surface area contributed by atoms with Gasteiger partial charge in [-0.05, 0) is 14.1 Å². The highest BCUT2D eigenvalue weighted by atomic mass is 16.5. The second-order valence-electron chi connectivity index (χ2n) is 2.85. The Bertz CT molecular complexity index is 128. The van der Waals surface area contributed by atoms with Gasteiger partial charge in [-0.3, -0.25) is 4.90 Å². The lowest BCUT2D eigenvalue weighted by Gasteiger charge is -2.24. The van der Waals surface area contributed by atoms with Gasteiger partial charge in [0.1, 0.15) is 6.10 Å². The summed E-state index contributed by atoms with van der Waals surface area (Å²) in [7, 11) is 3.61. The predicted octanol–water partition coefficient (Wildman–Crippen LogP) is -0.604. The zero-order valence-corrected chi connectivity index (χ0v) is 7.73. The van der Waals surface area contributed by atoms with Gasteiger partial charge in [-0.2, -0.15) is 0 Å². The minimum absolute atomic E-state index is 0.241.